The molecule has 2 N–H and O–H groups in total. The Morgan fingerprint density at radius 3 is 2.48 bits per heavy atom. The summed E-state index contributed by atoms with van der Waals surface area (Å²) in [5.41, 5.74) is 1.39. The Labute approximate surface area is 161 Å². The number of carbonyl (C=O) groups is 1. The van der Waals surface area contributed by atoms with Gasteiger partial charge in [0.25, 0.3) is 0 Å². The van der Waals surface area contributed by atoms with Crippen LogP contribution in [-0.4, -0.2) is 60.2 Å². The molecule has 1 atom stereocenters. The number of rotatable bonds is 7. The Kier molecular flexibility index (Phi) is 7.06. The average Bonchev–Trinajstić information content (AvgIpc) is 2.60. The zero-order valence-electron chi connectivity index (χ0n) is 17.0. The van der Waals surface area contributed by atoms with E-state index in [9.17, 15) is 15.0 Å². The number of nitrogens with zero attached hydrogens (tertiary/aromatic N) is 2. The van der Waals surface area contributed by atoms with Crippen LogP contribution in [0.1, 0.15) is 55.6 Å². The molecule has 27 heavy (non-hydrogen) atoms. The van der Waals surface area contributed by atoms with Crippen LogP contribution < -0.4 is 9.64 Å². The average molecular weight is 380 g/mol. The van der Waals surface area contributed by atoms with Gasteiger partial charge in [-0.05, 0) is 43.2 Å². The molecule has 1 saturated heterocycles. The summed E-state index contributed by atoms with van der Waals surface area (Å²) in [6.07, 6.45) is 0.599. The van der Waals surface area contributed by atoms with Gasteiger partial charge in [-0.3, -0.25) is 0 Å². The van der Waals surface area contributed by atoms with Gasteiger partial charge in [0.2, 0.25) is 5.88 Å². The molecule has 1 aromatic heterocycles. The minimum atomic E-state index is -1.05. The van der Waals surface area contributed by atoms with Gasteiger partial charge in [0.05, 0.1) is 25.9 Å². The molecule has 7 nitrogen and oxygen atoms in total. The minimum absolute atomic E-state index is 0.106. The van der Waals surface area contributed by atoms with Crippen LogP contribution in [0.15, 0.2) is 0 Å². The van der Waals surface area contributed by atoms with Crippen molar-refractivity contribution in [2.45, 2.75) is 53.6 Å². The third-order valence-electron chi connectivity index (χ3n) is 4.99. The van der Waals surface area contributed by atoms with E-state index >= 15 is 0 Å². The lowest BCUT2D eigenvalue weighted by Gasteiger charge is -2.32. The number of carboxylic acids is 1. The van der Waals surface area contributed by atoms with E-state index in [1.807, 2.05) is 27.7 Å². The van der Waals surface area contributed by atoms with Gasteiger partial charge in [0, 0.05) is 13.1 Å². The van der Waals surface area contributed by atoms with Gasteiger partial charge in [-0.15, -0.1) is 0 Å². The van der Waals surface area contributed by atoms with Crippen molar-refractivity contribution in [2.24, 2.45) is 5.41 Å². The highest BCUT2D eigenvalue weighted by Gasteiger charge is 2.28. The predicted molar refractivity (Wildman–Crippen MR) is 104 cm³/mol. The molecule has 0 spiro atoms. The standard InChI is InChI=1S/C20H32N2O5/c1-6-27-18-16(19(24)25)13(2)14(7-8-15(23)20(3,4)5)17(21-18)22-9-11-26-12-10-22/h15,23H,6-12H2,1-5H3,(H,24,25). The largest absolute Gasteiger partial charge is 0.477 e. The van der Waals surface area contributed by atoms with Gasteiger partial charge >= 0.3 is 5.97 Å². The van der Waals surface area contributed by atoms with Crippen molar-refractivity contribution >= 4 is 11.8 Å². The van der Waals surface area contributed by atoms with E-state index in [0.29, 0.717) is 51.3 Å². The van der Waals surface area contributed by atoms with E-state index in [-0.39, 0.29) is 16.9 Å². The van der Waals surface area contributed by atoms with Crippen molar-refractivity contribution < 1.29 is 24.5 Å². The zero-order chi connectivity index (χ0) is 20.2. The molecule has 0 bridgehead atoms. The van der Waals surface area contributed by atoms with Crippen molar-refractivity contribution in [3.8, 4) is 5.88 Å². The molecule has 2 heterocycles. The van der Waals surface area contributed by atoms with Gasteiger partial charge in [-0.25, -0.2) is 4.79 Å². The fraction of sp³-hybridized carbons (Fsp3) is 0.700. The first-order chi connectivity index (χ1) is 12.7. The van der Waals surface area contributed by atoms with Crippen molar-refractivity contribution in [3.05, 3.63) is 16.7 Å². The van der Waals surface area contributed by atoms with Crippen LogP contribution in [0, 0.1) is 12.3 Å². The minimum Gasteiger partial charge on any atom is -0.477 e. The van der Waals surface area contributed by atoms with Crippen LogP contribution in [-0.2, 0) is 11.2 Å². The lowest BCUT2D eigenvalue weighted by Crippen LogP contribution is -2.38. The molecule has 1 aromatic rings. The van der Waals surface area contributed by atoms with Crippen molar-refractivity contribution in [2.75, 3.05) is 37.8 Å². The molecular formula is C20H32N2O5. The number of pyridine rings is 1. The second kappa shape index (κ2) is 8.89. The molecule has 152 valence electrons. The summed E-state index contributed by atoms with van der Waals surface area (Å²) in [6.45, 7) is 12.5. The number of hydrogen-bond donors (Lipinski definition) is 2. The number of aliphatic hydroxyl groups is 1. The number of anilines is 1. The highest BCUT2D eigenvalue weighted by atomic mass is 16.5. The quantitative estimate of drug-likeness (QED) is 0.751. The van der Waals surface area contributed by atoms with E-state index in [1.54, 1.807) is 6.92 Å². The number of morpholine rings is 1. The summed E-state index contributed by atoms with van der Waals surface area (Å²) >= 11 is 0. The van der Waals surface area contributed by atoms with Crippen LogP contribution in [0.5, 0.6) is 5.88 Å². The summed E-state index contributed by atoms with van der Waals surface area (Å²) in [7, 11) is 0. The Balaban J connectivity index is 2.48. The van der Waals surface area contributed by atoms with Crippen LogP contribution in [0.2, 0.25) is 0 Å². The summed E-state index contributed by atoms with van der Waals surface area (Å²) in [4.78, 5) is 18.6. The molecule has 1 fully saturated rings. The Morgan fingerprint density at radius 1 is 1.33 bits per heavy atom. The van der Waals surface area contributed by atoms with Crippen molar-refractivity contribution in [1.29, 1.82) is 0 Å². The van der Waals surface area contributed by atoms with E-state index in [4.69, 9.17) is 9.47 Å². The van der Waals surface area contributed by atoms with Crippen LogP contribution >= 0.6 is 0 Å². The zero-order valence-corrected chi connectivity index (χ0v) is 17.0. The summed E-state index contributed by atoms with van der Waals surface area (Å²) in [5.74, 6) is -0.149. The third kappa shape index (κ3) is 5.11. The van der Waals surface area contributed by atoms with Crippen molar-refractivity contribution in [3.63, 3.8) is 0 Å². The van der Waals surface area contributed by atoms with E-state index < -0.39 is 12.1 Å². The monoisotopic (exact) mass is 380 g/mol. The van der Waals surface area contributed by atoms with Gasteiger partial charge in [-0.2, -0.15) is 4.98 Å². The Morgan fingerprint density at radius 2 is 1.96 bits per heavy atom. The fourth-order valence-corrected chi connectivity index (χ4v) is 3.24. The first-order valence-electron chi connectivity index (χ1n) is 9.57. The van der Waals surface area contributed by atoms with Crippen LogP contribution in [0.25, 0.3) is 0 Å². The second-order valence-electron chi connectivity index (χ2n) is 7.98. The predicted octanol–water partition coefficient (Wildman–Crippen LogP) is 2.66. The molecule has 2 rings (SSSR count). The molecular weight excluding hydrogens is 348 g/mol. The second-order valence-corrected chi connectivity index (χ2v) is 7.98. The van der Waals surface area contributed by atoms with E-state index in [0.717, 1.165) is 11.4 Å². The third-order valence-corrected chi connectivity index (χ3v) is 4.99. The molecule has 0 aliphatic carbocycles. The smallest absolute Gasteiger partial charge is 0.341 e. The first kappa shape index (κ1) is 21.4. The SMILES string of the molecule is CCOc1nc(N2CCOCC2)c(CCC(O)C(C)(C)C)c(C)c1C(=O)O. The molecule has 1 aliphatic heterocycles. The van der Waals surface area contributed by atoms with E-state index in [1.165, 1.54) is 0 Å². The summed E-state index contributed by atoms with van der Waals surface area (Å²) < 4.78 is 11.0. The Hall–Kier alpha value is -1.86. The molecule has 0 saturated carbocycles. The Bertz CT molecular complexity index is 663. The van der Waals surface area contributed by atoms with Gasteiger partial charge in [0.15, 0.2) is 0 Å². The van der Waals surface area contributed by atoms with Crippen molar-refractivity contribution in [1.82, 2.24) is 4.98 Å². The molecule has 1 unspecified atom stereocenters. The number of aliphatic hydroxyl groups excluding tert-OH is 1. The van der Waals surface area contributed by atoms with Gasteiger partial charge in [0.1, 0.15) is 11.4 Å². The lowest BCUT2D eigenvalue weighted by molar-refractivity contribution is 0.0559. The molecule has 1 aliphatic rings. The summed E-state index contributed by atoms with van der Waals surface area (Å²) in [6, 6.07) is 0. The maximum absolute atomic E-state index is 11.9. The highest BCUT2D eigenvalue weighted by molar-refractivity contribution is 5.93. The number of carboxylic acid groups (broad SMARTS) is 1. The maximum Gasteiger partial charge on any atom is 0.341 e. The fourth-order valence-electron chi connectivity index (χ4n) is 3.24. The normalized spacial score (nSPS) is 16.3. The number of ether oxygens (including phenoxy) is 2. The van der Waals surface area contributed by atoms with Crippen LogP contribution in [0.3, 0.4) is 0 Å². The molecule has 7 heteroatoms. The number of hydrogen-bond acceptors (Lipinski definition) is 6. The van der Waals surface area contributed by atoms with Gasteiger partial charge < -0.3 is 24.6 Å². The molecule has 0 aromatic carbocycles. The number of aromatic carboxylic acids is 1. The van der Waals surface area contributed by atoms with Crippen LogP contribution in [0.4, 0.5) is 5.82 Å². The van der Waals surface area contributed by atoms with Gasteiger partial charge in [-0.1, -0.05) is 20.8 Å². The lowest BCUT2D eigenvalue weighted by atomic mass is 9.85. The maximum atomic E-state index is 11.9. The van der Waals surface area contributed by atoms with E-state index in [2.05, 4.69) is 9.88 Å². The molecule has 0 amide bonds. The first-order valence-corrected chi connectivity index (χ1v) is 9.57. The highest BCUT2D eigenvalue weighted by Crippen LogP contribution is 2.33. The topological polar surface area (TPSA) is 92.1 Å². The number of aromatic nitrogens is 1. The summed E-state index contributed by atoms with van der Waals surface area (Å²) in [5, 5.41) is 20.2. The molecule has 0 radical (unpaired) electrons.